The van der Waals surface area contributed by atoms with Gasteiger partial charge in [-0.3, -0.25) is 4.68 Å². The standard InChI is InChI=1S/C12H24N4/c1-5-14(3)6-7-15(4)8-9-16-11-12(2)10-13-16/h10-11H,5-9H2,1-4H3. The van der Waals surface area contributed by atoms with E-state index in [1.807, 2.05) is 10.9 Å². The van der Waals surface area contributed by atoms with E-state index < -0.39 is 0 Å². The van der Waals surface area contributed by atoms with Gasteiger partial charge in [-0.1, -0.05) is 6.92 Å². The summed E-state index contributed by atoms with van der Waals surface area (Å²) >= 11 is 0. The van der Waals surface area contributed by atoms with Gasteiger partial charge >= 0.3 is 0 Å². The second kappa shape index (κ2) is 6.66. The Morgan fingerprint density at radius 1 is 1.19 bits per heavy atom. The van der Waals surface area contributed by atoms with Crippen LogP contribution in [0.25, 0.3) is 0 Å². The van der Waals surface area contributed by atoms with E-state index in [-0.39, 0.29) is 0 Å². The average Bonchev–Trinajstić information content (AvgIpc) is 2.69. The number of aromatic nitrogens is 2. The number of aryl methyl sites for hydroxylation is 1. The summed E-state index contributed by atoms with van der Waals surface area (Å²) in [5.41, 5.74) is 1.23. The average molecular weight is 224 g/mol. The van der Waals surface area contributed by atoms with Crippen LogP contribution in [-0.4, -0.2) is 59.9 Å². The van der Waals surface area contributed by atoms with Crippen LogP contribution in [0.4, 0.5) is 0 Å². The largest absolute Gasteiger partial charge is 0.305 e. The second-order valence-corrected chi connectivity index (χ2v) is 4.48. The molecule has 0 aliphatic heterocycles. The van der Waals surface area contributed by atoms with E-state index in [1.54, 1.807) is 0 Å². The first kappa shape index (κ1) is 13.2. The number of hydrogen-bond acceptors (Lipinski definition) is 3. The van der Waals surface area contributed by atoms with Crippen molar-refractivity contribution in [3.05, 3.63) is 18.0 Å². The van der Waals surface area contributed by atoms with Crippen molar-refractivity contribution in [2.24, 2.45) is 0 Å². The minimum atomic E-state index is 0.972. The number of hydrogen-bond donors (Lipinski definition) is 0. The zero-order valence-corrected chi connectivity index (χ0v) is 11.0. The molecule has 0 atom stereocenters. The lowest BCUT2D eigenvalue weighted by molar-refractivity contribution is 0.254. The van der Waals surface area contributed by atoms with E-state index in [0.29, 0.717) is 0 Å². The summed E-state index contributed by atoms with van der Waals surface area (Å²) in [5.74, 6) is 0. The lowest BCUT2D eigenvalue weighted by Gasteiger charge is -2.20. The minimum absolute atomic E-state index is 0.972. The molecule has 0 amide bonds. The van der Waals surface area contributed by atoms with Crippen LogP contribution in [-0.2, 0) is 6.54 Å². The van der Waals surface area contributed by atoms with Gasteiger partial charge in [-0.25, -0.2) is 0 Å². The first-order valence-electron chi connectivity index (χ1n) is 5.98. The summed E-state index contributed by atoms with van der Waals surface area (Å²) in [5, 5.41) is 4.28. The second-order valence-electron chi connectivity index (χ2n) is 4.48. The normalized spacial score (nSPS) is 11.6. The molecule has 0 saturated heterocycles. The summed E-state index contributed by atoms with van der Waals surface area (Å²) < 4.78 is 2.01. The highest BCUT2D eigenvalue weighted by Gasteiger charge is 2.01. The van der Waals surface area contributed by atoms with Crippen molar-refractivity contribution in [2.75, 3.05) is 40.3 Å². The van der Waals surface area contributed by atoms with E-state index in [0.717, 1.165) is 32.7 Å². The molecule has 0 aliphatic rings. The lowest BCUT2D eigenvalue weighted by Crippen LogP contribution is -2.32. The molecule has 0 spiro atoms. The van der Waals surface area contributed by atoms with Crippen LogP contribution in [0.5, 0.6) is 0 Å². The van der Waals surface area contributed by atoms with Crippen LogP contribution >= 0.6 is 0 Å². The van der Waals surface area contributed by atoms with Crippen LogP contribution < -0.4 is 0 Å². The SMILES string of the molecule is CCN(C)CCN(C)CCn1cc(C)cn1. The van der Waals surface area contributed by atoms with Gasteiger partial charge < -0.3 is 9.80 Å². The predicted octanol–water partition coefficient (Wildman–Crippen LogP) is 1.08. The van der Waals surface area contributed by atoms with Gasteiger partial charge in [-0.2, -0.15) is 5.10 Å². The fraction of sp³-hybridized carbons (Fsp3) is 0.750. The Labute approximate surface area is 98.8 Å². The van der Waals surface area contributed by atoms with Gasteiger partial charge in [0, 0.05) is 25.8 Å². The molecule has 4 heteroatoms. The van der Waals surface area contributed by atoms with Gasteiger partial charge in [0.15, 0.2) is 0 Å². The van der Waals surface area contributed by atoms with Crippen molar-refractivity contribution in [3.63, 3.8) is 0 Å². The summed E-state index contributed by atoms with van der Waals surface area (Å²) in [6, 6.07) is 0. The van der Waals surface area contributed by atoms with E-state index >= 15 is 0 Å². The molecule has 1 aromatic heterocycles. The maximum atomic E-state index is 4.28. The zero-order chi connectivity index (χ0) is 12.0. The van der Waals surface area contributed by atoms with E-state index in [1.165, 1.54) is 5.56 Å². The van der Waals surface area contributed by atoms with Crippen molar-refractivity contribution in [3.8, 4) is 0 Å². The highest BCUT2D eigenvalue weighted by atomic mass is 15.3. The van der Waals surface area contributed by atoms with Crippen LogP contribution in [0, 0.1) is 6.92 Å². The van der Waals surface area contributed by atoms with E-state index in [2.05, 4.69) is 49.0 Å². The summed E-state index contributed by atoms with van der Waals surface area (Å²) in [4.78, 5) is 4.68. The van der Waals surface area contributed by atoms with Crippen LogP contribution in [0.3, 0.4) is 0 Å². The Morgan fingerprint density at radius 3 is 2.44 bits per heavy atom. The highest BCUT2D eigenvalue weighted by molar-refractivity contribution is 4.99. The van der Waals surface area contributed by atoms with Gasteiger partial charge in [0.25, 0.3) is 0 Å². The number of nitrogens with zero attached hydrogens (tertiary/aromatic N) is 4. The minimum Gasteiger partial charge on any atom is -0.305 e. The first-order chi connectivity index (χ1) is 7.61. The number of likely N-dealkylation sites (N-methyl/N-ethyl adjacent to an activating group) is 2. The monoisotopic (exact) mass is 224 g/mol. The summed E-state index contributed by atoms with van der Waals surface area (Å²) in [6.07, 6.45) is 4.00. The third kappa shape index (κ3) is 4.77. The highest BCUT2D eigenvalue weighted by Crippen LogP contribution is 1.95. The predicted molar refractivity (Wildman–Crippen MR) is 67.6 cm³/mol. The molecule has 0 aromatic carbocycles. The quantitative estimate of drug-likeness (QED) is 0.692. The molecule has 1 heterocycles. The lowest BCUT2D eigenvalue weighted by atomic mass is 10.4. The maximum absolute atomic E-state index is 4.28. The smallest absolute Gasteiger partial charge is 0.0536 e. The van der Waals surface area contributed by atoms with Crippen molar-refractivity contribution in [1.29, 1.82) is 0 Å². The van der Waals surface area contributed by atoms with Gasteiger partial charge in [0.1, 0.15) is 0 Å². The molecule has 92 valence electrons. The molecule has 0 bridgehead atoms. The van der Waals surface area contributed by atoms with Crippen molar-refractivity contribution in [1.82, 2.24) is 19.6 Å². The molecule has 0 aliphatic carbocycles. The van der Waals surface area contributed by atoms with Gasteiger partial charge in [-0.05, 0) is 33.1 Å². The van der Waals surface area contributed by atoms with E-state index in [4.69, 9.17) is 0 Å². The van der Waals surface area contributed by atoms with Crippen molar-refractivity contribution < 1.29 is 0 Å². The Bertz CT molecular complexity index is 295. The molecule has 1 rings (SSSR count). The molecular weight excluding hydrogens is 200 g/mol. The van der Waals surface area contributed by atoms with E-state index in [9.17, 15) is 0 Å². The van der Waals surface area contributed by atoms with Crippen molar-refractivity contribution >= 4 is 0 Å². The molecule has 0 fully saturated rings. The topological polar surface area (TPSA) is 24.3 Å². The third-order valence-corrected chi connectivity index (χ3v) is 2.88. The Balaban J connectivity index is 2.17. The third-order valence-electron chi connectivity index (χ3n) is 2.88. The van der Waals surface area contributed by atoms with Gasteiger partial charge in [0.2, 0.25) is 0 Å². The van der Waals surface area contributed by atoms with Crippen LogP contribution in [0.15, 0.2) is 12.4 Å². The summed E-state index contributed by atoms with van der Waals surface area (Å²) in [6.45, 7) is 9.65. The maximum Gasteiger partial charge on any atom is 0.0536 e. The molecule has 16 heavy (non-hydrogen) atoms. The molecule has 4 nitrogen and oxygen atoms in total. The molecular formula is C12H24N4. The number of rotatable bonds is 7. The molecule has 1 aromatic rings. The van der Waals surface area contributed by atoms with Gasteiger partial charge in [0.05, 0.1) is 12.7 Å². The molecule has 0 N–H and O–H groups in total. The Kier molecular flexibility index (Phi) is 5.49. The fourth-order valence-electron chi connectivity index (χ4n) is 1.47. The molecule has 0 saturated carbocycles. The van der Waals surface area contributed by atoms with Gasteiger partial charge in [-0.15, -0.1) is 0 Å². The van der Waals surface area contributed by atoms with Crippen LogP contribution in [0.2, 0.25) is 0 Å². The van der Waals surface area contributed by atoms with Crippen LogP contribution in [0.1, 0.15) is 12.5 Å². The van der Waals surface area contributed by atoms with Crippen molar-refractivity contribution in [2.45, 2.75) is 20.4 Å². The Morgan fingerprint density at radius 2 is 1.88 bits per heavy atom. The summed E-state index contributed by atoms with van der Waals surface area (Å²) in [7, 11) is 4.32. The molecule has 0 radical (unpaired) electrons. The fourth-order valence-corrected chi connectivity index (χ4v) is 1.47. The Hall–Kier alpha value is -0.870. The first-order valence-corrected chi connectivity index (χ1v) is 5.98. The molecule has 0 unspecified atom stereocenters. The zero-order valence-electron chi connectivity index (χ0n) is 11.0.